The molecule has 2 aromatic heterocycles. The maximum absolute atomic E-state index is 14.7. The zero-order valence-corrected chi connectivity index (χ0v) is 26.9. The Kier molecular flexibility index (Phi) is 11.7. The van der Waals surface area contributed by atoms with E-state index in [2.05, 4.69) is 48.0 Å². The number of thioether (sulfide) groups is 1. The maximum Gasteiger partial charge on any atom is 0.407 e. The van der Waals surface area contributed by atoms with Gasteiger partial charge >= 0.3 is 6.09 Å². The summed E-state index contributed by atoms with van der Waals surface area (Å²) in [5, 5.41) is 18.4. The van der Waals surface area contributed by atoms with Crippen LogP contribution >= 0.6 is 23.4 Å². The smallest absolute Gasteiger partial charge is 0.407 e. The largest absolute Gasteiger partial charge is 0.444 e. The van der Waals surface area contributed by atoms with Crippen LogP contribution in [0.25, 0.3) is 11.3 Å². The predicted octanol–water partition coefficient (Wildman–Crippen LogP) is 5.27. The molecule has 3 N–H and O–H groups in total. The van der Waals surface area contributed by atoms with Crippen LogP contribution in [0.3, 0.4) is 0 Å². The zero-order valence-electron chi connectivity index (χ0n) is 25.3. The minimum Gasteiger partial charge on any atom is -0.444 e. The highest BCUT2D eigenvalue weighted by Gasteiger charge is 2.18. The minimum absolute atomic E-state index is 0.119. The van der Waals surface area contributed by atoms with Gasteiger partial charge in [-0.15, -0.1) is 22.0 Å². The van der Waals surface area contributed by atoms with Crippen molar-refractivity contribution in [3.63, 3.8) is 0 Å². The second-order valence-electron chi connectivity index (χ2n) is 11.3. The van der Waals surface area contributed by atoms with Crippen LogP contribution in [-0.4, -0.2) is 94.7 Å². The van der Waals surface area contributed by atoms with Crippen molar-refractivity contribution in [1.82, 2.24) is 30.3 Å². The second kappa shape index (κ2) is 15.5. The van der Waals surface area contributed by atoms with E-state index in [9.17, 15) is 14.0 Å². The van der Waals surface area contributed by atoms with Gasteiger partial charge in [-0.2, -0.15) is 0 Å². The van der Waals surface area contributed by atoms with Gasteiger partial charge in [0.2, 0.25) is 5.91 Å². The van der Waals surface area contributed by atoms with Crippen molar-refractivity contribution >= 4 is 52.6 Å². The fraction of sp³-hybridized carbons (Fsp3) is 0.433. The van der Waals surface area contributed by atoms with Gasteiger partial charge in [0, 0.05) is 80.0 Å². The van der Waals surface area contributed by atoms with Crippen molar-refractivity contribution < 1.29 is 18.7 Å². The number of nitrogens with zero attached hydrogens (tertiary/aromatic N) is 5. The van der Waals surface area contributed by atoms with Crippen LogP contribution in [0.4, 0.5) is 26.4 Å². The molecule has 0 aliphatic carbocycles. The van der Waals surface area contributed by atoms with Gasteiger partial charge in [0.1, 0.15) is 22.3 Å². The molecule has 1 fully saturated rings. The van der Waals surface area contributed by atoms with Gasteiger partial charge in [0.15, 0.2) is 0 Å². The van der Waals surface area contributed by atoms with Crippen LogP contribution in [0, 0.1) is 5.82 Å². The number of carbonyl (C=O) groups excluding carboxylic acids is 2. The molecule has 236 valence electrons. The van der Waals surface area contributed by atoms with Gasteiger partial charge in [0.25, 0.3) is 0 Å². The van der Waals surface area contributed by atoms with Gasteiger partial charge < -0.3 is 30.5 Å². The number of amides is 2. The average Bonchev–Trinajstić information content (AvgIpc) is 2.96. The third-order valence-corrected chi connectivity index (χ3v) is 7.75. The van der Waals surface area contributed by atoms with Gasteiger partial charge in [0.05, 0.1) is 11.4 Å². The number of benzene rings is 1. The topological polar surface area (TPSA) is 125 Å². The van der Waals surface area contributed by atoms with Gasteiger partial charge in [-0.3, -0.25) is 4.79 Å². The molecule has 14 heteroatoms. The molecule has 0 bridgehead atoms. The first-order valence-corrected chi connectivity index (χ1v) is 15.7. The molecule has 0 radical (unpaired) electrons. The molecule has 0 atom stereocenters. The van der Waals surface area contributed by atoms with E-state index in [1.165, 1.54) is 30.0 Å². The number of piperazine rings is 1. The van der Waals surface area contributed by atoms with Crippen LogP contribution in [-0.2, 0) is 9.53 Å². The lowest BCUT2D eigenvalue weighted by Gasteiger charge is -2.32. The van der Waals surface area contributed by atoms with Crippen LogP contribution in [0.15, 0.2) is 47.6 Å². The Hall–Kier alpha value is -3.52. The molecule has 4 rings (SSSR count). The Labute approximate surface area is 266 Å². The Morgan fingerprint density at radius 1 is 1.09 bits per heavy atom. The molecular formula is C30H38ClFN8O3S. The summed E-state index contributed by atoms with van der Waals surface area (Å²) in [5.74, 6) is 0.268. The fourth-order valence-electron chi connectivity index (χ4n) is 4.29. The van der Waals surface area contributed by atoms with Gasteiger partial charge in [-0.1, -0.05) is 11.6 Å². The van der Waals surface area contributed by atoms with Crippen molar-refractivity contribution in [1.29, 1.82) is 0 Å². The predicted molar refractivity (Wildman–Crippen MR) is 172 cm³/mol. The summed E-state index contributed by atoms with van der Waals surface area (Å²) in [4.78, 5) is 33.5. The lowest BCUT2D eigenvalue weighted by Crippen LogP contribution is -2.45. The lowest BCUT2D eigenvalue weighted by atomic mass is 10.1. The highest BCUT2D eigenvalue weighted by atomic mass is 35.5. The Morgan fingerprint density at radius 2 is 1.86 bits per heavy atom. The number of hydrogen-bond donors (Lipinski definition) is 3. The Morgan fingerprint density at radius 3 is 2.61 bits per heavy atom. The summed E-state index contributed by atoms with van der Waals surface area (Å²) in [5.41, 5.74) is 1.08. The number of rotatable bonds is 11. The SMILES string of the molecule is CN1CCN(CCC(=O)Nc2cc(Nc3cc(-c4cc(Cl)ccc4F)nnc3SCCNC(=O)OC(C)(C)C)ccn2)CC1. The standard InChI is InChI=1S/C30H38ClFN8O3S/c1-30(2,3)43-29(42)34-10-16-44-28-25(19-24(37-38-28)22-17-20(31)5-6-23(22)32)35-21-7-9-33-26(18-21)36-27(41)8-11-40-14-12-39(4)13-15-40/h5-7,9,17-19H,8,10-16H2,1-4H3,(H,34,42)(H2,33,35,36,37,41). The molecular weight excluding hydrogens is 607 g/mol. The number of aromatic nitrogens is 3. The minimum atomic E-state index is -0.599. The third-order valence-electron chi connectivity index (χ3n) is 6.53. The summed E-state index contributed by atoms with van der Waals surface area (Å²) in [7, 11) is 2.10. The zero-order chi connectivity index (χ0) is 31.7. The summed E-state index contributed by atoms with van der Waals surface area (Å²) in [6, 6.07) is 9.38. The number of alkyl carbamates (subject to hydrolysis) is 1. The molecule has 0 unspecified atom stereocenters. The number of nitrogens with one attached hydrogen (secondary N) is 3. The lowest BCUT2D eigenvalue weighted by molar-refractivity contribution is -0.116. The molecule has 3 aromatic rings. The first-order valence-electron chi connectivity index (χ1n) is 14.3. The monoisotopic (exact) mass is 644 g/mol. The molecule has 44 heavy (non-hydrogen) atoms. The summed E-state index contributed by atoms with van der Waals surface area (Å²) >= 11 is 7.48. The van der Waals surface area contributed by atoms with Crippen LogP contribution < -0.4 is 16.0 Å². The number of ether oxygens (including phenoxy) is 1. The summed E-state index contributed by atoms with van der Waals surface area (Å²) < 4.78 is 20.0. The van der Waals surface area contributed by atoms with E-state index in [0.29, 0.717) is 52.5 Å². The van der Waals surface area contributed by atoms with Crippen LogP contribution in [0.5, 0.6) is 0 Å². The molecule has 1 aliphatic rings. The first-order chi connectivity index (χ1) is 20.9. The Balaban J connectivity index is 1.45. The number of anilines is 3. The van der Waals surface area contributed by atoms with Crippen molar-refractivity contribution in [3.8, 4) is 11.3 Å². The second-order valence-corrected chi connectivity index (χ2v) is 12.9. The quantitative estimate of drug-likeness (QED) is 0.188. The van der Waals surface area contributed by atoms with E-state index in [1.54, 1.807) is 45.2 Å². The van der Waals surface area contributed by atoms with Gasteiger partial charge in [-0.25, -0.2) is 14.2 Å². The number of pyridine rings is 1. The number of carbonyl (C=O) groups is 2. The first kappa shape index (κ1) is 33.4. The number of hydrogen-bond acceptors (Lipinski definition) is 10. The van der Waals surface area contributed by atoms with Crippen molar-refractivity contribution in [2.75, 3.05) is 62.7 Å². The molecule has 0 spiro atoms. The summed E-state index contributed by atoms with van der Waals surface area (Å²) in [6.07, 6.45) is 1.44. The van der Waals surface area contributed by atoms with E-state index in [-0.39, 0.29) is 17.2 Å². The third kappa shape index (κ3) is 10.6. The van der Waals surface area contributed by atoms with Crippen molar-refractivity contribution in [2.24, 2.45) is 0 Å². The van der Waals surface area contributed by atoms with Crippen molar-refractivity contribution in [2.45, 2.75) is 37.8 Å². The number of halogens is 2. The number of likely N-dealkylation sites (N-methyl/N-ethyl adjacent to an activating group) is 1. The molecule has 11 nitrogen and oxygen atoms in total. The maximum atomic E-state index is 14.7. The van der Waals surface area contributed by atoms with E-state index in [4.69, 9.17) is 16.3 Å². The van der Waals surface area contributed by atoms with E-state index < -0.39 is 17.5 Å². The molecule has 3 heterocycles. The van der Waals surface area contributed by atoms with E-state index in [1.807, 2.05) is 0 Å². The summed E-state index contributed by atoms with van der Waals surface area (Å²) in [6.45, 7) is 10.3. The van der Waals surface area contributed by atoms with E-state index in [0.717, 1.165) is 26.2 Å². The fourth-order valence-corrected chi connectivity index (χ4v) is 5.22. The molecule has 1 aromatic carbocycles. The Bertz CT molecular complexity index is 1450. The molecule has 1 saturated heterocycles. The highest BCUT2D eigenvalue weighted by Crippen LogP contribution is 2.32. The normalized spacial score (nSPS) is 14.2. The molecule has 0 saturated carbocycles. The van der Waals surface area contributed by atoms with Gasteiger partial charge in [-0.05, 0) is 58.2 Å². The van der Waals surface area contributed by atoms with Crippen LogP contribution in [0.1, 0.15) is 27.2 Å². The van der Waals surface area contributed by atoms with Crippen LogP contribution in [0.2, 0.25) is 5.02 Å². The average molecular weight is 645 g/mol. The molecule has 2 amide bonds. The molecule has 1 aliphatic heterocycles. The highest BCUT2D eigenvalue weighted by molar-refractivity contribution is 7.99. The van der Waals surface area contributed by atoms with Crippen molar-refractivity contribution in [3.05, 3.63) is 53.4 Å². The van der Waals surface area contributed by atoms with E-state index >= 15 is 0 Å².